The number of aliphatic carboxylic acids is 1. The molecule has 0 aliphatic heterocycles. The summed E-state index contributed by atoms with van der Waals surface area (Å²) in [5, 5.41) is 8.75. The highest BCUT2D eigenvalue weighted by atomic mass is 16.7. The molecule has 0 unspecified atom stereocenters. The van der Waals surface area contributed by atoms with E-state index in [0.29, 0.717) is 5.57 Å². The van der Waals surface area contributed by atoms with Crippen molar-refractivity contribution in [2.45, 2.75) is 13.2 Å². The Morgan fingerprint density at radius 1 is 1.24 bits per heavy atom. The van der Waals surface area contributed by atoms with Gasteiger partial charge < -0.3 is 14.6 Å². The fourth-order valence-corrected chi connectivity index (χ4v) is 1.43. The Morgan fingerprint density at radius 2 is 1.76 bits per heavy atom. The Labute approximate surface area is 100 Å². The van der Waals surface area contributed by atoms with Crippen LogP contribution < -0.4 is 0 Å². The summed E-state index contributed by atoms with van der Waals surface area (Å²) < 4.78 is 10.2. The highest BCUT2D eigenvalue weighted by Gasteiger charge is 2.07. The van der Waals surface area contributed by atoms with E-state index < -0.39 is 12.3 Å². The van der Waals surface area contributed by atoms with Crippen LogP contribution in [0.1, 0.15) is 24.3 Å². The Bertz CT molecular complexity index is 402. The first-order valence-corrected chi connectivity index (χ1v) is 5.15. The minimum absolute atomic E-state index is 0.299. The molecule has 0 aliphatic carbocycles. The van der Waals surface area contributed by atoms with Gasteiger partial charge in [-0.15, -0.1) is 0 Å². The number of benzene rings is 1. The lowest BCUT2D eigenvalue weighted by Gasteiger charge is -2.13. The molecular weight excluding hydrogens is 220 g/mol. The van der Waals surface area contributed by atoms with Crippen LogP contribution in [-0.4, -0.2) is 25.3 Å². The molecule has 1 rings (SSSR count). The van der Waals surface area contributed by atoms with E-state index in [1.165, 1.54) is 0 Å². The quantitative estimate of drug-likeness (QED) is 0.630. The van der Waals surface area contributed by atoms with E-state index in [2.05, 4.69) is 0 Å². The SMILES string of the molecule is COC(OC)c1ccc(/C=C(\C)C(=O)O)cc1. The minimum Gasteiger partial charge on any atom is -0.478 e. The summed E-state index contributed by atoms with van der Waals surface area (Å²) in [6, 6.07) is 7.34. The average molecular weight is 236 g/mol. The fourth-order valence-electron chi connectivity index (χ4n) is 1.43. The Kier molecular flexibility index (Phi) is 4.87. The van der Waals surface area contributed by atoms with Crippen LogP contribution in [0, 0.1) is 0 Å². The highest BCUT2D eigenvalue weighted by molar-refractivity contribution is 5.91. The summed E-state index contributed by atoms with van der Waals surface area (Å²) in [6.07, 6.45) is 1.22. The molecule has 92 valence electrons. The zero-order valence-corrected chi connectivity index (χ0v) is 10.1. The first kappa shape index (κ1) is 13.4. The zero-order valence-electron chi connectivity index (χ0n) is 10.1. The molecule has 0 bridgehead atoms. The van der Waals surface area contributed by atoms with Crippen molar-refractivity contribution in [2.75, 3.05) is 14.2 Å². The Balaban J connectivity index is 2.88. The van der Waals surface area contributed by atoms with Crippen molar-refractivity contribution < 1.29 is 19.4 Å². The van der Waals surface area contributed by atoms with E-state index in [4.69, 9.17) is 14.6 Å². The number of rotatable bonds is 5. The first-order valence-electron chi connectivity index (χ1n) is 5.15. The van der Waals surface area contributed by atoms with Crippen molar-refractivity contribution in [1.82, 2.24) is 0 Å². The number of carbonyl (C=O) groups is 1. The Morgan fingerprint density at radius 3 is 2.18 bits per heavy atom. The lowest BCUT2D eigenvalue weighted by Crippen LogP contribution is -2.03. The summed E-state index contributed by atoms with van der Waals surface area (Å²) in [6.45, 7) is 1.56. The van der Waals surface area contributed by atoms with Crippen LogP contribution in [0.4, 0.5) is 0 Å². The van der Waals surface area contributed by atoms with Crippen LogP contribution >= 0.6 is 0 Å². The van der Waals surface area contributed by atoms with Crippen molar-refractivity contribution >= 4 is 12.0 Å². The third kappa shape index (κ3) is 3.69. The van der Waals surface area contributed by atoms with Crippen LogP contribution in [0.15, 0.2) is 29.8 Å². The second-order valence-corrected chi connectivity index (χ2v) is 3.60. The molecule has 0 aliphatic rings. The monoisotopic (exact) mass is 236 g/mol. The van der Waals surface area contributed by atoms with E-state index in [-0.39, 0.29) is 0 Å². The van der Waals surface area contributed by atoms with Gasteiger partial charge in [0.25, 0.3) is 0 Å². The molecule has 4 nitrogen and oxygen atoms in total. The van der Waals surface area contributed by atoms with Crippen LogP contribution in [0.2, 0.25) is 0 Å². The predicted octanol–water partition coefficient (Wildman–Crippen LogP) is 2.47. The number of carboxylic acids is 1. The molecule has 0 heterocycles. The molecule has 0 radical (unpaired) electrons. The second kappa shape index (κ2) is 6.18. The smallest absolute Gasteiger partial charge is 0.331 e. The van der Waals surface area contributed by atoms with Crippen LogP contribution in [0.3, 0.4) is 0 Å². The maximum absolute atomic E-state index is 10.7. The van der Waals surface area contributed by atoms with Gasteiger partial charge in [0.05, 0.1) is 0 Å². The molecule has 1 aromatic rings. The van der Waals surface area contributed by atoms with Gasteiger partial charge in [-0.3, -0.25) is 0 Å². The summed E-state index contributed by atoms with van der Waals surface area (Å²) in [4.78, 5) is 10.7. The van der Waals surface area contributed by atoms with Gasteiger partial charge in [0.15, 0.2) is 6.29 Å². The molecule has 4 heteroatoms. The maximum Gasteiger partial charge on any atom is 0.331 e. The van der Waals surface area contributed by atoms with E-state index >= 15 is 0 Å². The second-order valence-electron chi connectivity index (χ2n) is 3.60. The third-order valence-corrected chi connectivity index (χ3v) is 2.36. The topological polar surface area (TPSA) is 55.8 Å². The van der Waals surface area contributed by atoms with Gasteiger partial charge in [-0.25, -0.2) is 4.79 Å². The minimum atomic E-state index is -0.916. The molecule has 0 aromatic heterocycles. The predicted molar refractivity (Wildman–Crippen MR) is 64.5 cm³/mol. The van der Waals surface area contributed by atoms with Crippen molar-refractivity contribution in [2.24, 2.45) is 0 Å². The van der Waals surface area contributed by atoms with Crippen LogP contribution in [-0.2, 0) is 14.3 Å². The number of ether oxygens (including phenoxy) is 2. The molecule has 0 spiro atoms. The van der Waals surface area contributed by atoms with Crippen LogP contribution in [0.5, 0.6) is 0 Å². The lowest BCUT2D eigenvalue weighted by atomic mass is 10.1. The zero-order chi connectivity index (χ0) is 12.8. The number of hydrogen-bond acceptors (Lipinski definition) is 3. The largest absolute Gasteiger partial charge is 0.478 e. The van der Waals surface area contributed by atoms with Gasteiger partial charge in [0, 0.05) is 25.4 Å². The molecule has 0 fully saturated rings. The van der Waals surface area contributed by atoms with Gasteiger partial charge in [-0.05, 0) is 18.6 Å². The van der Waals surface area contributed by atoms with Crippen molar-refractivity contribution in [3.8, 4) is 0 Å². The molecule has 0 saturated carbocycles. The summed E-state index contributed by atoms with van der Waals surface area (Å²) in [5.74, 6) is -0.916. The average Bonchev–Trinajstić information content (AvgIpc) is 2.32. The molecular formula is C13H16O4. The normalized spacial score (nSPS) is 11.9. The highest BCUT2D eigenvalue weighted by Crippen LogP contribution is 2.18. The standard InChI is InChI=1S/C13H16O4/c1-9(12(14)15)8-10-4-6-11(7-5-10)13(16-2)17-3/h4-8,13H,1-3H3,(H,14,15)/b9-8+. The molecule has 0 saturated heterocycles. The third-order valence-electron chi connectivity index (χ3n) is 2.36. The van der Waals surface area contributed by atoms with Crippen molar-refractivity contribution in [1.29, 1.82) is 0 Å². The molecule has 17 heavy (non-hydrogen) atoms. The van der Waals surface area contributed by atoms with E-state index in [0.717, 1.165) is 11.1 Å². The van der Waals surface area contributed by atoms with Crippen LogP contribution in [0.25, 0.3) is 6.08 Å². The number of hydrogen-bond donors (Lipinski definition) is 1. The molecule has 0 amide bonds. The maximum atomic E-state index is 10.7. The molecule has 1 aromatic carbocycles. The summed E-state index contributed by atoms with van der Waals surface area (Å²) >= 11 is 0. The van der Waals surface area contributed by atoms with E-state index in [1.54, 1.807) is 27.2 Å². The van der Waals surface area contributed by atoms with Gasteiger partial charge >= 0.3 is 5.97 Å². The molecule has 0 atom stereocenters. The Hall–Kier alpha value is -1.65. The van der Waals surface area contributed by atoms with Crippen molar-refractivity contribution in [3.63, 3.8) is 0 Å². The van der Waals surface area contributed by atoms with Gasteiger partial charge in [-0.2, -0.15) is 0 Å². The van der Waals surface area contributed by atoms with E-state index in [9.17, 15) is 4.79 Å². The van der Waals surface area contributed by atoms with E-state index in [1.807, 2.05) is 24.3 Å². The first-order chi connectivity index (χ1) is 8.08. The summed E-state index contributed by atoms with van der Waals surface area (Å²) in [7, 11) is 3.13. The van der Waals surface area contributed by atoms with Gasteiger partial charge in [-0.1, -0.05) is 24.3 Å². The number of carboxylic acid groups (broad SMARTS) is 1. The summed E-state index contributed by atoms with van der Waals surface area (Å²) in [5.41, 5.74) is 2.02. The fraction of sp³-hybridized carbons (Fsp3) is 0.308. The lowest BCUT2D eigenvalue weighted by molar-refractivity contribution is -0.132. The molecule has 1 N–H and O–H groups in total. The van der Waals surface area contributed by atoms with Gasteiger partial charge in [0.2, 0.25) is 0 Å². The number of methoxy groups -OCH3 is 2. The van der Waals surface area contributed by atoms with Gasteiger partial charge in [0.1, 0.15) is 0 Å². The van der Waals surface area contributed by atoms with Crippen molar-refractivity contribution in [3.05, 3.63) is 41.0 Å².